The maximum absolute atomic E-state index is 13.4. The first-order valence-electron chi connectivity index (χ1n) is 6.46. The van der Waals surface area contributed by atoms with Crippen LogP contribution in [0.15, 0.2) is 42.5 Å². The summed E-state index contributed by atoms with van der Waals surface area (Å²) in [5.41, 5.74) is 7.65. The zero-order valence-corrected chi connectivity index (χ0v) is 11.6. The summed E-state index contributed by atoms with van der Waals surface area (Å²) in [6.45, 7) is 2.10. The van der Waals surface area contributed by atoms with Gasteiger partial charge < -0.3 is 11.1 Å². The van der Waals surface area contributed by atoms with Gasteiger partial charge in [-0.1, -0.05) is 24.0 Å². The SMILES string of the molecule is Cc1cccc(NC(=O)c2cc(F)ccc2C#CCN)c1. The zero-order valence-electron chi connectivity index (χ0n) is 11.6. The Morgan fingerprint density at radius 2 is 2.10 bits per heavy atom. The van der Waals surface area contributed by atoms with Crippen LogP contribution in [0.1, 0.15) is 21.5 Å². The number of hydrogen-bond donors (Lipinski definition) is 2. The predicted octanol–water partition coefficient (Wildman–Crippen LogP) is 2.70. The van der Waals surface area contributed by atoms with Gasteiger partial charge >= 0.3 is 0 Å². The Balaban J connectivity index is 2.32. The Hall–Kier alpha value is -2.64. The third-order valence-electron chi connectivity index (χ3n) is 2.83. The number of carbonyl (C=O) groups excluding carboxylic acids is 1. The van der Waals surface area contributed by atoms with Crippen LogP contribution in [0.5, 0.6) is 0 Å². The summed E-state index contributed by atoms with van der Waals surface area (Å²) < 4.78 is 13.4. The minimum Gasteiger partial charge on any atom is -0.322 e. The first-order chi connectivity index (χ1) is 10.1. The molecule has 0 aliphatic heterocycles. The van der Waals surface area contributed by atoms with E-state index in [1.165, 1.54) is 18.2 Å². The summed E-state index contributed by atoms with van der Waals surface area (Å²) in [6, 6.07) is 11.3. The van der Waals surface area contributed by atoms with E-state index < -0.39 is 11.7 Å². The smallest absolute Gasteiger partial charge is 0.257 e. The normalized spacial score (nSPS) is 9.67. The lowest BCUT2D eigenvalue weighted by Crippen LogP contribution is -2.14. The predicted molar refractivity (Wildman–Crippen MR) is 81.5 cm³/mol. The second kappa shape index (κ2) is 6.69. The lowest BCUT2D eigenvalue weighted by atomic mass is 10.1. The molecule has 0 spiro atoms. The molecule has 0 aliphatic rings. The van der Waals surface area contributed by atoms with Crippen LogP contribution in [0.3, 0.4) is 0 Å². The number of aryl methyl sites for hydroxylation is 1. The van der Waals surface area contributed by atoms with Crippen molar-refractivity contribution in [2.75, 3.05) is 11.9 Å². The molecule has 0 heterocycles. The molecule has 3 nitrogen and oxygen atoms in total. The van der Waals surface area contributed by atoms with Crippen LogP contribution in [-0.2, 0) is 0 Å². The first-order valence-corrected chi connectivity index (χ1v) is 6.46. The monoisotopic (exact) mass is 282 g/mol. The van der Waals surface area contributed by atoms with Crippen molar-refractivity contribution in [3.8, 4) is 11.8 Å². The molecule has 106 valence electrons. The highest BCUT2D eigenvalue weighted by molar-refractivity contribution is 6.06. The third-order valence-corrected chi connectivity index (χ3v) is 2.83. The van der Waals surface area contributed by atoms with E-state index in [-0.39, 0.29) is 12.1 Å². The van der Waals surface area contributed by atoms with Crippen molar-refractivity contribution in [3.63, 3.8) is 0 Å². The number of anilines is 1. The maximum atomic E-state index is 13.4. The average Bonchev–Trinajstić information content (AvgIpc) is 2.46. The van der Waals surface area contributed by atoms with Crippen LogP contribution in [0.2, 0.25) is 0 Å². The number of benzene rings is 2. The van der Waals surface area contributed by atoms with Crippen molar-refractivity contribution in [3.05, 3.63) is 65.0 Å². The minimum atomic E-state index is -0.484. The number of hydrogen-bond acceptors (Lipinski definition) is 2. The molecule has 0 aromatic heterocycles. The Morgan fingerprint density at radius 1 is 1.29 bits per heavy atom. The number of nitrogens with one attached hydrogen (secondary N) is 1. The van der Waals surface area contributed by atoms with Crippen LogP contribution >= 0.6 is 0 Å². The average molecular weight is 282 g/mol. The van der Waals surface area contributed by atoms with Gasteiger partial charge in [0.1, 0.15) is 5.82 Å². The van der Waals surface area contributed by atoms with Gasteiger partial charge in [0.05, 0.1) is 12.1 Å². The summed E-state index contributed by atoms with van der Waals surface area (Å²) in [4.78, 5) is 12.3. The Morgan fingerprint density at radius 3 is 2.81 bits per heavy atom. The fraction of sp³-hybridized carbons (Fsp3) is 0.118. The largest absolute Gasteiger partial charge is 0.322 e. The number of rotatable bonds is 2. The van der Waals surface area contributed by atoms with Gasteiger partial charge in [-0.3, -0.25) is 4.79 Å². The summed E-state index contributed by atoms with van der Waals surface area (Å²) in [5, 5.41) is 2.74. The van der Waals surface area contributed by atoms with E-state index in [0.717, 1.165) is 5.56 Å². The maximum Gasteiger partial charge on any atom is 0.257 e. The highest BCUT2D eigenvalue weighted by Crippen LogP contribution is 2.15. The minimum absolute atomic E-state index is 0.177. The lowest BCUT2D eigenvalue weighted by Gasteiger charge is -2.08. The highest BCUT2D eigenvalue weighted by atomic mass is 19.1. The molecule has 2 rings (SSSR count). The molecule has 2 aromatic rings. The number of amides is 1. The van der Waals surface area contributed by atoms with E-state index in [1.807, 2.05) is 25.1 Å². The summed E-state index contributed by atoms with van der Waals surface area (Å²) in [6.07, 6.45) is 0. The molecule has 0 atom stereocenters. The van der Waals surface area contributed by atoms with Crippen LogP contribution in [-0.4, -0.2) is 12.5 Å². The van der Waals surface area contributed by atoms with E-state index in [4.69, 9.17) is 5.73 Å². The quantitative estimate of drug-likeness (QED) is 0.832. The zero-order chi connectivity index (χ0) is 15.2. The standard InChI is InChI=1S/C17H15FN2O/c1-12-4-2-6-15(10-12)20-17(21)16-11-14(18)8-7-13(16)5-3-9-19/h2,4,6-8,10-11H,9,19H2,1H3,(H,20,21). The van der Waals surface area contributed by atoms with E-state index in [9.17, 15) is 9.18 Å². The van der Waals surface area contributed by atoms with E-state index in [0.29, 0.717) is 11.3 Å². The molecule has 0 radical (unpaired) electrons. The molecule has 1 amide bonds. The molecule has 4 heteroatoms. The fourth-order valence-electron chi connectivity index (χ4n) is 1.88. The van der Waals surface area contributed by atoms with Gasteiger partial charge in [-0.05, 0) is 42.8 Å². The van der Waals surface area contributed by atoms with Crippen LogP contribution in [0.4, 0.5) is 10.1 Å². The first kappa shape index (κ1) is 14.8. The molecule has 0 fully saturated rings. The number of nitrogens with two attached hydrogens (primary N) is 1. The van der Waals surface area contributed by atoms with Crippen molar-refractivity contribution >= 4 is 11.6 Å². The van der Waals surface area contributed by atoms with E-state index in [2.05, 4.69) is 17.2 Å². The van der Waals surface area contributed by atoms with Crippen LogP contribution in [0, 0.1) is 24.6 Å². The molecule has 0 aliphatic carbocycles. The van der Waals surface area contributed by atoms with Crippen molar-refractivity contribution in [1.29, 1.82) is 0 Å². The molecule has 0 bridgehead atoms. The van der Waals surface area contributed by atoms with Crippen molar-refractivity contribution < 1.29 is 9.18 Å². The topological polar surface area (TPSA) is 55.1 Å². The fourth-order valence-corrected chi connectivity index (χ4v) is 1.88. The number of halogens is 1. The Labute approximate surface area is 123 Å². The molecular formula is C17H15FN2O. The van der Waals surface area contributed by atoms with Crippen molar-refractivity contribution in [2.45, 2.75) is 6.92 Å². The second-order valence-electron chi connectivity index (χ2n) is 4.52. The summed E-state index contributed by atoms with van der Waals surface area (Å²) in [7, 11) is 0. The van der Waals surface area contributed by atoms with Gasteiger partial charge in [0.15, 0.2) is 0 Å². The van der Waals surface area contributed by atoms with Gasteiger partial charge in [0.2, 0.25) is 0 Å². The molecular weight excluding hydrogens is 267 g/mol. The molecule has 21 heavy (non-hydrogen) atoms. The highest BCUT2D eigenvalue weighted by Gasteiger charge is 2.12. The van der Waals surface area contributed by atoms with Gasteiger partial charge in [0.25, 0.3) is 5.91 Å². The van der Waals surface area contributed by atoms with Crippen LogP contribution < -0.4 is 11.1 Å². The third kappa shape index (κ3) is 3.91. The molecule has 2 aromatic carbocycles. The van der Waals surface area contributed by atoms with Gasteiger partial charge in [-0.2, -0.15) is 0 Å². The number of carbonyl (C=O) groups is 1. The molecule has 3 N–H and O–H groups in total. The van der Waals surface area contributed by atoms with E-state index in [1.54, 1.807) is 6.07 Å². The molecule has 0 saturated heterocycles. The van der Waals surface area contributed by atoms with Gasteiger partial charge in [0, 0.05) is 11.3 Å². The molecule has 0 unspecified atom stereocenters. The van der Waals surface area contributed by atoms with Crippen LogP contribution in [0.25, 0.3) is 0 Å². The molecule has 0 saturated carbocycles. The van der Waals surface area contributed by atoms with Crippen molar-refractivity contribution in [1.82, 2.24) is 0 Å². The summed E-state index contributed by atoms with van der Waals surface area (Å²) in [5.74, 6) is 4.56. The Kier molecular flexibility index (Phi) is 4.70. The summed E-state index contributed by atoms with van der Waals surface area (Å²) >= 11 is 0. The van der Waals surface area contributed by atoms with E-state index >= 15 is 0 Å². The Bertz CT molecular complexity index is 729. The van der Waals surface area contributed by atoms with Gasteiger partial charge in [-0.15, -0.1) is 0 Å². The van der Waals surface area contributed by atoms with Gasteiger partial charge in [-0.25, -0.2) is 4.39 Å². The second-order valence-corrected chi connectivity index (χ2v) is 4.52. The lowest BCUT2D eigenvalue weighted by molar-refractivity contribution is 0.102. The van der Waals surface area contributed by atoms with Crippen molar-refractivity contribution in [2.24, 2.45) is 5.73 Å².